The number of benzene rings is 2. The molecule has 0 aliphatic carbocycles. The summed E-state index contributed by atoms with van der Waals surface area (Å²) in [6.45, 7) is 3.14. The second-order valence-corrected chi connectivity index (χ2v) is 6.06. The maximum Gasteiger partial charge on any atom is 0.186 e. The molecular formula is C17H17Cl2N3OS. The number of rotatable bonds is 6. The van der Waals surface area contributed by atoms with E-state index in [1.165, 1.54) is 0 Å². The van der Waals surface area contributed by atoms with Crippen LogP contribution >= 0.6 is 35.4 Å². The van der Waals surface area contributed by atoms with Gasteiger partial charge < -0.3 is 10.1 Å². The highest BCUT2D eigenvalue weighted by molar-refractivity contribution is 7.80. The molecule has 4 nitrogen and oxygen atoms in total. The molecular weight excluding hydrogens is 365 g/mol. The third-order valence-corrected chi connectivity index (χ3v) is 3.96. The Kier molecular flexibility index (Phi) is 7.31. The van der Waals surface area contributed by atoms with Gasteiger partial charge in [0.25, 0.3) is 0 Å². The van der Waals surface area contributed by atoms with Gasteiger partial charge in [-0.1, -0.05) is 29.3 Å². The summed E-state index contributed by atoms with van der Waals surface area (Å²) in [5.41, 5.74) is 4.63. The van der Waals surface area contributed by atoms with Crippen molar-refractivity contribution in [2.45, 2.75) is 13.5 Å². The highest BCUT2D eigenvalue weighted by atomic mass is 35.5. The van der Waals surface area contributed by atoms with Crippen LogP contribution in [0.25, 0.3) is 0 Å². The lowest BCUT2D eigenvalue weighted by molar-refractivity contribution is 0.306. The molecule has 0 radical (unpaired) electrons. The van der Waals surface area contributed by atoms with Crippen molar-refractivity contribution >= 4 is 46.7 Å². The van der Waals surface area contributed by atoms with Crippen LogP contribution in [0.15, 0.2) is 47.6 Å². The molecule has 0 atom stereocenters. The van der Waals surface area contributed by atoms with E-state index in [0.717, 1.165) is 23.4 Å². The molecule has 0 aliphatic rings. The van der Waals surface area contributed by atoms with Crippen LogP contribution in [0.1, 0.15) is 18.1 Å². The molecule has 126 valence electrons. The van der Waals surface area contributed by atoms with E-state index in [-0.39, 0.29) is 0 Å². The Hall–Kier alpha value is -1.82. The SMILES string of the molecule is CCNC(=S)NN=Cc1ccc(OCc2ccc(Cl)c(Cl)c2)cc1. The first-order valence-electron chi connectivity index (χ1n) is 7.32. The number of thiocarbonyl (C=S) groups is 1. The molecule has 24 heavy (non-hydrogen) atoms. The predicted octanol–water partition coefficient (Wildman–Crippen LogP) is 4.39. The van der Waals surface area contributed by atoms with E-state index in [0.29, 0.717) is 21.8 Å². The van der Waals surface area contributed by atoms with Gasteiger partial charge in [-0.2, -0.15) is 5.10 Å². The average molecular weight is 382 g/mol. The first-order valence-corrected chi connectivity index (χ1v) is 8.48. The van der Waals surface area contributed by atoms with Crippen molar-refractivity contribution < 1.29 is 4.74 Å². The summed E-state index contributed by atoms with van der Waals surface area (Å²) in [6.07, 6.45) is 1.69. The van der Waals surface area contributed by atoms with Gasteiger partial charge in [-0.3, -0.25) is 5.43 Å². The summed E-state index contributed by atoms with van der Waals surface area (Å²) in [4.78, 5) is 0. The monoisotopic (exact) mass is 381 g/mol. The van der Waals surface area contributed by atoms with Crippen molar-refractivity contribution in [2.75, 3.05) is 6.54 Å². The number of hydrogen-bond acceptors (Lipinski definition) is 3. The Labute approximate surface area is 156 Å². The molecule has 2 aromatic carbocycles. The number of halogens is 2. The second-order valence-electron chi connectivity index (χ2n) is 4.84. The van der Waals surface area contributed by atoms with E-state index < -0.39 is 0 Å². The zero-order valence-electron chi connectivity index (χ0n) is 13.1. The first-order chi connectivity index (χ1) is 11.6. The van der Waals surface area contributed by atoms with Crippen LogP contribution in [0.4, 0.5) is 0 Å². The van der Waals surface area contributed by atoms with Gasteiger partial charge in [0.15, 0.2) is 5.11 Å². The fourth-order valence-corrected chi connectivity index (χ4v) is 2.33. The van der Waals surface area contributed by atoms with Crippen LogP contribution in [0.3, 0.4) is 0 Å². The summed E-state index contributed by atoms with van der Waals surface area (Å²) < 4.78 is 5.72. The van der Waals surface area contributed by atoms with Gasteiger partial charge in [-0.05, 0) is 66.7 Å². The normalized spacial score (nSPS) is 10.6. The second kappa shape index (κ2) is 9.47. The van der Waals surface area contributed by atoms with Crippen molar-refractivity contribution in [1.82, 2.24) is 10.7 Å². The van der Waals surface area contributed by atoms with Crippen molar-refractivity contribution in [3.8, 4) is 5.75 Å². The molecule has 0 heterocycles. The average Bonchev–Trinajstić information content (AvgIpc) is 2.57. The lowest BCUT2D eigenvalue weighted by Crippen LogP contribution is -2.31. The quantitative estimate of drug-likeness (QED) is 0.442. The molecule has 0 fully saturated rings. The number of ether oxygens (including phenoxy) is 1. The van der Waals surface area contributed by atoms with Crippen LogP contribution in [0.5, 0.6) is 5.75 Å². The van der Waals surface area contributed by atoms with Crippen molar-refractivity contribution in [3.05, 3.63) is 63.6 Å². The maximum atomic E-state index is 5.99. The molecule has 2 rings (SSSR count). The van der Waals surface area contributed by atoms with Gasteiger partial charge in [0, 0.05) is 6.54 Å². The van der Waals surface area contributed by atoms with Crippen LogP contribution < -0.4 is 15.5 Å². The number of nitrogens with one attached hydrogen (secondary N) is 2. The van der Waals surface area contributed by atoms with E-state index in [2.05, 4.69) is 15.8 Å². The summed E-state index contributed by atoms with van der Waals surface area (Å²) >= 11 is 16.9. The smallest absolute Gasteiger partial charge is 0.186 e. The van der Waals surface area contributed by atoms with Gasteiger partial charge in [0.2, 0.25) is 0 Å². The molecule has 0 aliphatic heterocycles. The molecule has 0 unspecified atom stereocenters. The van der Waals surface area contributed by atoms with Crippen LogP contribution in [0.2, 0.25) is 10.0 Å². The predicted molar refractivity (Wildman–Crippen MR) is 104 cm³/mol. The maximum absolute atomic E-state index is 5.99. The van der Waals surface area contributed by atoms with E-state index in [9.17, 15) is 0 Å². The molecule has 0 saturated carbocycles. The van der Waals surface area contributed by atoms with Gasteiger partial charge in [-0.25, -0.2) is 0 Å². The zero-order chi connectivity index (χ0) is 17.4. The van der Waals surface area contributed by atoms with Crippen molar-refractivity contribution in [2.24, 2.45) is 5.10 Å². The molecule has 0 aromatic heterocycles. The first kappa shape index (κ1) is 18.5. The van der Waals surface area contributed by atoms with E-state index in [4.69, 9.17) is 40.2 Å². The van der Waals surface area contributed by atoms with Gasteiger partial charge >= 0.3 is 0 Å². The third-order valence-electron chi connectivity index (χ3n) is 2.99. The summed E-state index contributed by atoms with van der Waals surface area (Å²) in [5, 5.41) is 8.55. The Morgan fingerprint density at radius 3 is 2.58 bits per heavy atom. The lowest BCUT2D eigenvalue weighted by atomic mass is 10.2. The van der Waals surface area contributed by atoms with E-state index >= 15 is 0 Å². The van der Waals surface area contributed by atoms with Crippen LogP contribution in [0, 0.1) is 0 Å². The molecule has 0 saturated heterocycles. The molecule has 2 aromatic rings. The van der Waals surface area contributed by atoms with E-state index in [1.54, 1.807) is 18.3 Å². The Morgan fingerprint density at radius 2 is 1.92 bits per heavy atom. The number of nitrogens with zero attached hydrogens (tertiary/aromatic N) is 1. The molecule has 0 bridgehead atoms. The number of hydrogen-bond donors (Lipinski definition) is 2. The molecule has 0 spiro atoms. The Bertz CT molecular complexity index is 720. The summed E-state index contributed by atoms with van der Waals surface area (Å²) in [7, 11) is 0. The van der Waals surface area contributed by atoms with Crippen molar-refractivity contribution in [3.63, 3.8) is 0 Å². The Morgan fingerprint density at radius 1 is 1.17 bits per heavy atom. The molecule has 7 heteroatoms. The van der Waals surface area contributed by atoms with Crippen LogP contribution in [-0.2, 0) is 6.61 Å². The van der Waals surface area contributed by atoms with Crippen molar-refractivity contribution in [1.29, 1.82) is 0 Å². The van der Waals surface area contributed by atoms with Gasteiger partial charge in [0.1, 0.15) is 12.4 Å². The molecule has 2 N–H and O–H groups in total. The highest BCUT2D eigenvalue weighted by Crippen LogP contribution is 2.23. The highest BCUT2D eigenvalue weighted by Gasteiger charge is 2.01. The van der Waals surface area contributed by atoms with E-state index in [1.807, 2.05) is 37.3 Å². The van der Waals surface area contributed by atoms with Gasteiger partial charge in [0.05, 0.1) is 16.3 Å². The minimum Gasteiger partial charge on any atom is -0.489 e. The fourth-order valence-electron chi connectivity index (χ4n) is 1.81. The minimum absolute atomic E-state index is 0.419. The largest absolute Gasteiger partial charge is 0.489 e. The Balaban J connectivity index is 1.86. The summed E-state index contributed by atoms with van der Waals surface area (Å²) in [6, 6.07) is 13.0. The fraction of sp³-hybridized carbons (Fsp3) is 0.176. The van der Waals surface area contributed by atoms with Gasteiger partial charge in [-0.15, -0.1) is 0 Å². The zero-order valence-corrected chi connectivity index (χ0v) is 15.4. The standard InChI is InChI=1S/C17H17Cl2N3OS/c1-2-20-17(24)22-21-10-12-3-6-14(7-4-12)23-11-13-5-8-15(18)16(19)9-13/h3-10H,2,11H2,1H3,(H2,20,22,24). The topological polar surface area (TPSA) is 45.7 Å². The molecule has 0 amide bonds. The van der Waals surface area contributed by atoms with Crippen LogP contribution in [-0.4, -0.2) is 17.9 Å². The lowest BCUT2D eigenvalue weighted by Gasteiger charge is -2.07. The number of hydrazone groups is 1. The summed E-state index contributed by atoms with van der Waals surface area (Å²) in [5.74, 6) is 0.759. The third kappa shape index (κ3) is 6.00. The minimum atomic E-state index is 0.419.